The molecule has 0 saturated heterocycles. The topological polar surface area (TPSA) is 90.9 Å². The monoisotopic (exact) mass is 288 g/mol. The summed E-state index contributed by atoms with van der Waals surface area (Å²) >= 11 is 0. The summed E-state index contributed by atoms with van der Waals surface area (Å²) in [5.41, 5.74) is 1.43. The van der Waals surface area contributed by atoms with Gasteiger partial charge in [0.05, 0.1) is 11.8 Å². The molecule has 7 nitrogen and oxygen atoms in total. The lowest BCUT2D eigenvalue weighted by molar-refractivity contribution is -0.137. The first-order valence-corrected chi connectivity index (χ1v) is 5.40. The van der Waals surface area contributed by atoms with Crippen LogP contribution in [0.4, 0.5) is 19.0 Å². The van der Waals surface area contributed by atoms with Gasteiger partial charge in [0.25, 0.3) is 0 Å². The molecule has 2 heterocycles. The average Bonchev–Trinajstić information content (AvgIpc) is 2.88. The van der Waals surface area contributed by atoms with Crippen LogP contribution in [-0.4, -0.2) is 26.9 Å². The lowest BCUT2D eigenvalue weighted by Gasteiger charge is -2.07. The molecule has 0 aliphatic heterocycles. The van der Waals surface area contributed by atoms with Gasteiger partial charge in [-0.3, -0.25) is 0 Å². The Bertz CT molecular complexity index is 597. The number of rotatable bonds is 4. The number of anilines is 1. The van der Waals surface area contributed by atoms with Crippen molar-refractivity contribution in [3.05, 3.63) is 29.8 Å². The van der Waals surface area contributed by atoms with Crippen LogP contribution in [-0.2, 0) is 17.5 Å². The Balaban J connectivity index is 2.41. The Kier molecular flexibility index (Phi) is 3.86. The third kappa shape index (κ3) is 3.03. The van der Waals surface area contributed by atoms with Crippen LogP contribution < -0.4 is 11.3 Å². The molecule has 2 rings (SSSR count). The number of nitrogen functional groups attached to an aromatic ring is 1. The zero-order valence-corrected chi connectivity index (χ0v) is 10.3. The highest BCUT2D eigenvalue weighted by Gasteiger charge is 2.32. The highest BCUT2D eigenvalue weighted by atomic mass is 19.4. The van der Waals surface area contributed by atoms with Crippen LogP contribution in [0, 0.1) is 0 Å². The van der Waals surface area contributed by atoms with Gasteiger partial charge in [0.15, 0.2) is 11.6 Å². The maximum absolute atomic E-state index is 12.5. The van der Waals surface area contributed by atoms with Crippen molar-refractivity contribution in [2.75, 3.05) is 12.5 Å². The van der Waals surface area contributed by atoms with Gasteiger partial charge in [-0.2, -0.15) is 18.3 Å². The van der Waals surface area contributed by atoms with E-state index >= 15 is 0 Å². The zero-order chi connectivity index (χ0) is 14.8. The summed E-state index contributed by atoms with van der Waals surface area (Å²) < 4.78 is 43.4. The molecule has 0 aromatic carbocycles. The second-order valence-corrected chi connectivity index (χ2v) is 3.78. The Morgan fingerprint density at radius 3 is 2.70 bits per heavy atom. The third-order valence-corrected chi connectivity index (χ3v) is 2.32. The van der Waals surface area contributed by atoms with E-state index in [9.17, 15) is 13.2 Å². The van der Waals surface area contributed by atoms with Crippen molar-refractivity contribution >= 4 is 5.82 Å². The van der Waals surface area contributed by atoms with Crippen molar-refractivity contribution in [3.8, 4) is 5.82 Å². The van der Waals surface area contributed by atoms with E-state index in [1.807, 2.05) is 0 Å². The van der Waals surface area contributed by atoms with Crippen molar-refractivity contribution in [1.82, 2.24) is 19.7 Å². The number of methoxy groups -OCH3 is 1. The molecular formula is C10H11F3N6O. The molecule has 0 fully saturated rings. The molecule has 0 spiro atoms. The fraction of sp³-hybridized carbons (Fsp3) is 0.300. The van der Waals surface area contributed by atoms with Crippen LogP contribution in [0.3, 0.4) is 0 Å². The highest BCUT2D eigenvalue weighted by molar-refractivity contribution is 5.40. The van der Waals surface area contributed by atoms with E-state index in [0.717, 1.165) is 10.9 Å². The first kappa shape index (κ1) is 14.2. The largest absolute Gasteiger partial charge is 0.419 e. The lowest BCUT2D eigenvalue weighted by atomic mass is 10.3. The molecule has 0 atom stereocenters. The normalized spacial score (nSPS) is 11.7. The van der Waals surface area contributed by atoms with Crippen LogP contribution in [0.2, 0.25) is 0 Å². The molecule has 2 aromatic rings. The molecule has 10 heteroatoms. The van der Waals surface area contributed by atoms with Crippen molar-refractivity contribution in [1.29, 1.82) is 0 Å². The number of hydrogen-bond acceptors (Lipinski definition) is 6. The predicted molar refractivity (Wildman–Crippen MR) is 62.7 cm³/mol. The third-order valence-electron chi connectivity index (χ3n) is 2.32. The van der Waals surface area contributed by atoms with E-state index in [-0.39, 0.29) is 24.1 Å². The number of halogens is 3. The van der Waals surface area contributed by atoms with E-state index in [1.54, 1.807) is 0 Å². The van der Waals surface area contributed by atoms with Gasteiger partial charge < -0.3 is 10.2 Å². The number of hydrogen-bond donors (Lipinski definition) is 2. The van der Waals surface area contributed by atoms with Gasteiger partial charge in [-0.05, 0) is 0 Å². The van der Waals surface area contributed by atoms with Crippen molar-refractivity contribution in [2.45, 2.75) is 12.8 Å². The standard InChI is InChI=1S/C10H11F3N6O/c1-20-5-8-16-7(18-14)2-9(17-8)19-4-6(3-15-19)10(11,12)13/h2-4H,5,14H2,1H3,(H,16,17,18). The van der Waals surface area contributed by atoms with Gasteiger partial charge in [-0.1, -0.05) is 0 Å². The molecule has 0 saturated carbocycles. The van der Waals surface area contributed by atoms with Gasteiger partial charge in [-0.25, -0.2) is 20.5 Å². The lowest BCUT2D eigenvalue weighted by Crippen LogP contribution is -2.13. The number of hydrazine groups is 1. The Morgan fingerprint density at radius 2 is 2.15 bits per heavy atom. The fourth-order valence-corrected chi connectivity index (χ4v) is 1.46. The predicted octanol–water partition coefficient (Wildman–Crippen LogP) is 1.11. The van der Waals surface area contributed by atoms with E-state index < -0.39 is 11.7 Å². The summed E-state index contributed by atoms with van der Waals surface area (Å²) in [6, 6.07) is 1.37. The van der Waals surface area contributed by atoms with Gasteiger partial charge in [-0.15, -0.1) is 0 Å². The van der Waals surface area contributed by atoms with Crippen molar-refractivity contribution < 1.29 is 17.9 Å². The Labute approximate surface area is 111 Å². The van der Waals surface area contributed by atoms with Crippen molar-refractivity contribution in [2.24, 2.45) is 5.84 Å². The number of nitrogens with two attached hydrogens (primary N) is 1. The number of aromatic nitrogens is 4. The first-order valence-electron chi connectivity index (χ1n) is 5.40. The van der Waals surface area contributed by atoms with Crippen LogP contribution >= 0.6 is 0 Å². The van der Waals surface area contributed by atoms with E-state index in [2.05, 4.69) is 20.5 Å². The second-order valence-electron chi connectivity index (χ2n) is 3.78. The molecule has 108 valence electrons. The van der Waals surface area contributed by atoms with Gasteiger partial charge in [0.2, 0.25) is 0 Å². The van der Waals surface area contributed by atoms with Crippen LogP contribution in [0.25, 0.3) is 5.82 Å². The molecule has 0 unspecified atom stereocenters. The van der Waals surface area contributed by atoms with Crippen LogP contribution in [0.5, 0.6) is 0 Å². The maximum atomic E-state index is 12.5. The highest BCUT2D eigenvalue weighted by Crippen LogP contribution is 2.29. The number of alkyl halides is 3. The first-order chi connectivity index (χ1) is 9.44. The Morgan fingerprint density at radius 1 is 1.40 bits per heavy atom. The summed E-state index contributed by atoms with van der Waals surface area (Å²) in [5.74, 6) is 5.90. The number of nitrogens with zero attached hydrogens (tertiary/aromatic N) is 4. The molecule has 20 heavy (non-hydrogen) atoms. The summed E-state index contributed by atoms with van der Waals surface area (Å²) in [6.45, 7) is 0.0932. The quantitative estimate of drug-likeness (QED) is 0.647. The van der Waals surface area contributed by atoms with E-state index in [4.69, 9.17) is 10.6 Å². The van der Waals surface area contributed by atoms with E-state index in [1.165, 1.54) is 13.2 Å². The maximum Gasteiger partial charge on any atom is 0.419 e. The zero-order valence-electron chi connectivity index (χ0n) is 10.3. The molecule has 3 N–H and O–H groups in total. The summed E-state index contributed by atoms with van der Waals surface area (Å²) in [5, 5.41) is 3.63. The van der Waals surface area contributed by atoms with Gasteiger partial charge >= 0.3 is 6.18 Å². The minimum Gasteiger partial charge on any atom is -0.377 e. The average molecular weight is 288 g/mol. The minimum atomic E-state index is -4.46. The molecule has 0 amide bonds. The van der Waals surface area contributed by atoms with Crippen molar-refractivity contribution in [3.63, 3.8) is 0 Å². The molecule has 0 radical (unpaired) electrons. The second kappa shape index (κ2) is 5.43. The number of ether oxygens (including phenoxy) is 1. The fourth-order valence-electron chi connectivity index (χ4n) is 1.46. The molecular weight excluding hydrogens is 277 g/mol. The molecule has 2 aromatic heterocycles. The summed E-state index contributed by atoms with van der Waals surface area (Å²) in [7, 11) is 1.45. The SMILES string of the molecule is COCc1nc(NN)cc(-n2cc(C(F)(F)F)cn2)n1. The smallest absolute Gasteiger partial charge is 0.377 e. The van der Waals surface area contributed by atoms with E-state index in [0.29, 0.717) is 6.20 Å². The minimum absolute atomic E-state index is 0.0932. The Hall–Kier alpha value is -2.20. The molecule has 0 aliphatic rings. The molecule has 0 bridgehead atoms. The number of nitrogens with one attached hydrogen (secondary N) is 1. The summed E-state index contributed by atoms with van der Waals surface area (Å²) in [6.07, 6.45) is -2.91. The van der Waals surface area contributed by atoms with Crippen LogP contribution in [0.15, 0.2) is 18.5 Å². The molecule has 0 aliphatic carbocycles. The van der Waals surface area contributed by atoms with Crippen LogP contribution in [0.1, 0.15) is 11.4 Å². The van der Waals surface area contributed by atoms with Gasteiger partial charge in [0.1, 0.15) is 12.4 Å². The van der Waals surface area contributed by atoms with Gasteiger partial charge in [0, 0.05) is 19.4 Å². The summed E-state index contributed by atoms with van der Waals surface area (Å²) in [4.78, 5) is 8.03.